The first-order valence-electron chi connectivity index (χ1n) is 20.3. The molecular weight excluding hydrogens is 739 g/mol. The lowest BCUT2D eigenvalue weighted by atomic mass is 9.98. The zero-order chi connectivity index (χ0) is 41.7. The summed E-state index contributed by atoms with van der Waals surface area (Å²) in [7, 11) is 3.27. The van der Waals surface area contributed by atoms with Gasteiger partial charge in [-0.1, -0.05) is 20.4 Å². The number of aliphatic hydroxyl groups is 2. The van der Waals surface area contributed by atoms with Gasteiger partial charge in [0.15, 0.2) is 11.5 Å². The van der Waals surface area contributed by atoms with Gasteiger partial charge in [-0.15, -0.1) is 0 Å². The minimum atomic E-state index is 0.0844. The van der Waals surface area contributed by atoms with Gasteiger partial charge in [-0.2, -0.15) is 0 Å². The smallest absolute Gasteiger partial charge is 0.163 e. The van der Waals surface area contributed by atoms with Gasteiger partial charge >= 0.3 is 0 Å². The normalized spacial score (nSPS) is 15.2. The molecule has 0 saturated heterocycles. The number of H-pyrrole nitrogens is 1. The molecule has 0 aliphatic carbocycles. The number of hydrogen-bond donors (Lipinski definition) is 3. The number of nitrogens with zero attached hydrogens (tertiary/aromatic N) is 4. The maximum Gasteiger partial charge on any atom is 0.163 e. The van der Waals surface area contributed by atoms with E-state index in [1.54, 1.807) is 20.4 Å². The molecule has 13 nitrogen and oxygen atoms in total. The Hall–Kier alpha value is -4.50. The van der Waals surface area contributed by atoms with Crippen molar-refractivity contribution in [2.24, 2.45) is 20.0 Å². The standard InChI is InChI=1S/C45H63N5O8/c1-8-34-35(9-2)38(49-37(34)10-3)25-39-36(14-12-16-52)32(5)43(50-39)30-48-41-27-45(58-24-22-56-20-18-54-7)44(57-23-21-55-19-17-53-6)26-40(41)47-29-42-31(4)33(28-46-42)13-11-15-51/h10,25-27,29-30,50-52H,3,8-9,11-24,28H2,1-2,4-7H3. The molecule has 2 aliphatic rings. The van der Waals surface area contributed by atoms with Crippen LogP contribution in [0, 0.1) is 6.92 Å². The Morgan fingerprint density at radius 3 is 1.91 bits per heavy atom. The van der Waals surface area contributed by atoms with E-state index in [-0.39, 0.29) is 26.4 Å². The molecule has 0 fully saturated rings. The van der Waals surface area contributed by atoms with E-state index >= 15 is 0 Å². The van der Waals surface area contributed by atoms with Gasteiger partial charge < -0.3 is 43.6 Å². The maximum absolute atomic E-state index is 9.79. The van der Waals surface area contributed by atoms with E-state index in [1.807, 2.05) is 31.3 Å². The Morgan fingerprint density at radius 2 is 1.34 bits per heavy atom. The molecule has 0 atom stereocenters. The minimum absolute atomic E-state index is 0.0844. The lowest BCUT2D eigenvalue weighted by Gasteiger charge is -2.15. The molecule has 1 aromatic carbocycles. The van der Waals surface area contributed by atoms with Gasteiger partial charge in [0.05, 0.1) is 92.8 Å². The number of benzene rings is 1. The molecule has 3 heterocycles. The number of rotatable bonds is 28. The summed E-state index contributed by atoms with van der Waals surface area (Å²) in [5.74, 6) is 0.972. The summed E-state index contributed by atoms with van der Waals surface area (Å²) in [6.07, 6.45) is 12.0. The van der Waals surface area contributed by atoms with Crippen LogP contribution in [0.15, 0.2) is 72.7 Å². The predicted molar refractivity (Wildman–Crippen MR) is 234 cm³/mol. The highest BCUT2D eigenvalue weighted by molar-refractivity contribution is 6.39. The van der Waals surface area contributed by atoms with Gasteiger partial charge in [-0.3, -0.25) is 15.0 Å². The van der Waals surface area contributed by atoms with E-state index in [1.165, 1.54) is 16.7 Å². The van der Waals surface area contributed by atoms with Gasteiger partial charge in [0, 0.05) is 45.3 Å². The molecule has 4 rings (SSSR count). The van der Waals surface area contributed by atoms with Gasteiger partial charge in [0.25, 0.3) is 0 Å². The monoisotopic (exact) mass is 801 g/mol. The van der Waals surface area contributed by atoms with Gasteiger partial charge in [-0.25, -0.2) is 4.99 Å². The van der Waals surface area contributed by atoms with Crippen molar-refractivity contribution in [1.82, 2.24) is 4.98 Å². The number of aromatic amines is 1. The van der Waals surface area contributed by atoms with Gasteiger partial charge in [-0.05, 0) is 97.9 Å². The van der Waals surface area contributed by atoms with Crippen LogP contribution in [0.4, 0.5) is 11.4 Å². The number of allylic oxidation sites excluding steroid dienone is 4. The van der Waals surface area contributed by atoms with Crippen molar-refractivity contribution < 1.29 is 38.6 Å². The molecule has 1 aromatic heterocycles. The van der Waals surface area contributed by atoms with Crippen LogP contribution < -0.4 is 9.47 Å². The number of nitrogens with one attached hydrogen (secondary N) is 1. The molecule has 0 amide bonds. The second-order valence-electron chi connectivity index (χ2n) is 13.7. The molecule has 316 valence electrons. The first kappa shape index (κ1) is 46.2. The van der Waals surface area contributed by atoms with Crippen LogP contribution in [-0.2, 0) is 25.4 Å². The molecule has 0 bridgehead atoms. The lowest BCUT2D eigenvalue weighted by molar-refractivity contribution is 0.0499. The molecule has 2 aromatic rings. The molecule has 0 unspecified atom stereocenters. The average Bonchev–Trinajstić information content (AvgIpc) is 3.87. The molecule has 3 N–H and O–H groups in total. The molecule has 0 spiro atoms. The van der Waals surface area contributed by atoms with Crippen LogP contribution in [0.2, 0.25) is 0 Å². The van der Waals surface area contributed by atoms with Gasteiger partial charge in [0.2, 0.25) is 0 Å². The molecule has 0 saturated carbocycles. The van der Waals surface area contributed by atoms with Crippen molar-refractivity contribution in [1.29, 1.82) is 0 Å². The fourth-order valence-electron chi connectivity index (χ4n) is 6.74. The van der Waals surface area contributed by atoms with E-state index in [4.69, 9.17) is 48.4 Å². The summed E-state index contributed by atoms with van der Waals surface area (Å²) in [5, 5.41) is 19.2. The van der Waals surface area contributed by atoms with E-state index in [9.17, 15) is 10.2 Å². The first-order chi connectivity index (χ1) is 28.3. The molecule has 2 aliphatic heterocycles. The van der Waals surface area contributed by atoms with Crippen LogP contribution in [0.1, 0.15) is 75.4 Å². The lowest BCUT2D eigenvalue weighted by Crippen LogP contribution is -2.12. The topological polar surface area (TPSA) is 161 Å². The summed E-state index contributed by atoms with van der Waals surface area (Å²) in [5.41, 5.74) is 12.3. The van der Waals surface area contributed by atoms with Crippen molar-refractivity contribution in [3.8, 4) is 11.5 Å². The van der Waals surface area contributed by atoms with E-state index in [0.29, 0.717) is 88.3 Å². The SMILES string of the molecule is C=CC1=NC(=Cc2[nH]c(C=Nc3cc(OCCOCCOC)c(OCCOCCOC)cc3N=CC3=NCC(CCCO)=C3C)c(C)c2CCCO)C(CC)=C1CC. The number of aromatic nitrogens is 1. The fraction of sp³-hybridized carbons (Fsp3) is 0.511. The third-order valence-corrected chi connectivity index (χ3v) is 9.97. The van der Waals surface area contributed by atoms with Crippen molar-refractivity contribution >= 4 is 41.3 Å². The second kappa shape index (κ2) is 25.1. The molecule has 0 radical (unpaired) electrons. The van der Waals surface area contributed by atoms with Crippen LogP contribution in [0.25, 0.3) is 6.08 Å². The third-order valence-electron chi connectivity index (χ3n) is 9.97. The number of methoxy groups -OCH3 is 2. The summed E-state index contributed by atoms with van der Waals surface area (Å²) in [4.78, 5) is 23.2. The number of hydrogen-bond acceptors (Lipinski definition) is 12. The van der Waals surface area contributed by atoms with Crippen molar-refractivity contribution in [3.05, 3.63) is 75.3 Å². The van der Waals surface area contributed by atoms with Crippen molar-refractivity contribution in [2.45, 2.75) is 66.2 Å². The largest absolute Gasteiger partial charge is 0.487 e. The Labute approximate surface area is 344 Å². The quantitative estimate of drug-likeness (QED) is 0.0592. The second-order valence-corrected chi connectivity index (χ2v) is 13.7. The zero-order valence-corrected chi connectivity index (χ0v) is 35.3. The number of aliphatic imine (C=N–C) groups is 4. The first-order valence-corrected chi connectivity index (χ1v) is 20.3. The fourth-order valence-corrected chi connectivity index (χ4v) is 6.74. The third kappa shape index (κ3) is 13.0. The number of ether oxygens (including phenoxy) is 6. The van der Waals surface area contributed by atoms with Crippen LogP contribution in [0.5, 0.6) is 11.5 Å². The number of aliphatic hydroxyl groups excluding tert-OH is 2. The van der Waals surface area contributed by atoms with Crippen LogP contribution in [-0.4, -0.2) is 126 Å². The Bertz CT molecular complexity index is 1880. The maximum atomic E-state index is 9.79. The van der Waals surface area contributed by atoms with Crippen molar-refractivity contribution in [3.63, 3.8) is 0 Å². The van der Waals surface area contributed by atoms with Gasteiger partial charge in [0.1, 0.15) is 13.2 Å². The Balaban J connectivity index is 1.77. The summed E-state index contributed by atoms with van der Waals surface area (Å²) in [6, 6.07) is 3.65. The highest BCUT2D eigenvalue weighted by Crippen LogP contribution is 2.40. The van der Waals surface area contributed by atoms with Crippen LogP contribution >= 0.6 is 0 Å². The molecule has 58 heavy (non-hydrogen) atoms. The highest BCUT2D eigenvalue weighted by atomic mass is 16.6. The van der Waals surface area contributed by atoms with E-state index in [0.717, 1.165) is 64.5 Å². The van der Waals surface area contributed by atoms with E-state index in [2.05, 4.69) is 38.4 Å². The molecular formula is C45H63N5O8. The molecule has 13 heteroatoms. The highest BCUT2D eigenvalue weighted by Gasteiger charge is 2.22. The average molecular weight is 802 g/mol. The minimum Gasteiger partial charge on any atom is -0.487 e. The summed E-state index contributed by atoms with van der Waals surface area (Å²) in [6.45, 7) is 16.4. The van der Waals surface area contributed by atoms with E-state index < -0.39 is 0 Å². The summed E-state index contributed by atoms with van der Waals surface area (Å²) < 4.78 is 34.0. The van der Waals surface area contributed by atoms with Crippen LogP contribution in [0.3, 0.4) is 0 Å². The Kier molecular flexibility index (Phi) is 20.0. The Morgan fingerprint density at radius 1 is 0.759 bits per heavy atom. The zero-order valence-electron chi connectivity index (χ0n) is 35.3. The van der Waals surface area contributed by atoms with Crippen molar-refractivity contribution in [2.75, 3.05) is 86.8 Å². The predicted octanol–water partition coefficient (Wildman–Crippen LogP) is 7.43. The summed E-state index contributed by atoms with van der Waals surface area (Å²) >= 11 is 0.